The van der Waals surface area contributed by atoms with Crippen LogP contribution in [-0.2, 0) is 0 Å². The summed E-state index contributed by atoms with van der Waals surface area (Å²) in [7, 11) is 1.42. The van der Waals surface area contributed by atoms with Crippen molar-refractivity contribution in [1.82, 2.24) is 0 Å². The highest BCUT2D eigenvalue weighted by Gasteiger charge is 2.16. The minimum absolute atomic E-state index is 0.109. The molecule has 6 heteroatoms. The molecule has 0 amide bonds. The van der Waals surface area contributed by atoms with Crippen molar-refractivity contribution in [1.29, 1.82) is 0 Å². The van der Waals surface area contributed by atoms with Gasteiger partial charge in [-0.15, -0.1) is 0 Å². The fourth-order valence-corrected chi connectivity index (χ4v) is 0.987. The molecule has 70 valence electrons. The van der Waals surface area contributed by atoms with Crippen molar-refractivity contribution >= 4 is 11.4 Å². The van der Waals surface area contributed by atoms with Gasteiger partial charge < -0.3 is 10.2 Å². The van der Waals surface area contributed by atoms with Crippen LogP contribution in [0.1, 0.15) is 0 Å². The maximum Gasteiger partial charge on any atom is 0.297 e. The summed E-state index contributed by atoms with van der Waals surface area (Å²) in [6, 6.07) is 4.46. The number of methoxy groups -OCH3 is 1. The second-order valence-corrected chi connectivity index (χ2v) is 2.26. The molecular weight excluding hydrogens is 174 g/mol. The average Bonchev–Trinajstić information content (AvgIpc) is 2.16. The highest BCUT2D eigenvalue weighted by Crippen LogP contribution is 2.32. The molecule has 0 bridgehead atoms. The molecule has 0 unspecified atom stereocenters. The SMILES string of the molecule is COc1cccc([N+](=O)[O-])c1NN. The highest BCUT2D eigenvalue weighted by molar-refractivity contribution is 5.69. The number of nitrogens with one attached hydrogen (secondary N) is 1. The van der Waals surface area contributed by atoms with Crippen LogP contribution in [0.4, 0.5) is 11.4 Å². The van der Waals surface area contributed by atoms with E-state index in [9.17, 15) is 10.1 Å². The lowest BCUT2D eigenvalue weighted by molar-refractivity contribution is -0.384. The van der Waals surface area contributed by atoms with Gasteiger partial charge in [-0.2, -0.15) is 0 Å². The fraction of sp³-hybridized carbons (Fsp3) is 0.143. The third-order valence-electron chi connectivity index (χ3n) is 1.57. The molecule has 0 saturated heterocycles. The number of benzene rings is 1. The van der Waals surface area contributed by atoms with Crippen molar-refractivity contribution in [3.63, 3.8) is 0 Å². The van der Waals surface area contributed by atoms with Crippen LogP contribution in [0.2, 0.25) is 0 Å². The maximum absolute atomic E-state index is 10.5. The number of rotatable bonds is 3. The largest absolute Gasteiger partial charge is 0.494 e. The van der Waals surface area contributed by atoms with Gasteiger partial charge >= 0.3 is 0 Å². The van der Waals surface area contributed by atoms with E-state index >= 15 is 0 Å². The molecule has 3 N–H and O–H groups in total. The molecule has 1 aromatic rings. The van der Waals surface area contributed by atoms with E-state index in [0.29, 0.717) is 5.75 Å². The summed E-state index contributed by atoms with van der Waals surface area (Å²) in [4.78, 5) is 9.97. The zero-order valence-electron chi connectivity index (χ0n) is 6.98. The Morgan fingerprint density at radius 3 is 2.77 bits per heavy atom. The van der Waals surface area contributed by atoms with E-state index in [2.05, 4.69) is 5.43 Å². The van der Waals surface area contributed by atoms with Crippen LogP contribution >= 0.6 is 0 Å². The van der Waals surface area contributed by atoms with Crippen molar-refractivity contribution < 1.29 is 9.66 Å². The van der Waals surface area contributed by atoms with E-state index in [1.807, 2.05) is 0 Å². The number of hydrogen-bond donors (Lipinski definition) is 2. The number of para-hydroxylation sites is 1. The van der Waals surface area contributed by atoms with E-state index in [4.69, 9.17) is 10.6 Å². The Balaban J connectivity index is 3.27. The van der Waals surface area contributed by atoms with Gasteiger partial charge in [0.15, 0.2) is 5.69 Å². The van der Waals surface area contributed by atoms with E-state index in [0.717, 1.165) is 0 Å². The molecule has 0 aliphatic carbocycles. The van der Waals surface area contributed by atoms with Crippen molar-refractivity contribution in [2.24, 2.45) is 5.84 Å². The Kier molecular flexibility index (Phi) is 2.65. The van der Waals surface area contributed by atoms with Gasteiger partial charge in [-0.25, -0.2) is 0 Å². The zero-order chi connectivity index (χ0) is 9.84. The first-order chi connectivity index (χ1) is 6.20. The summed E-state index contributed by atoms with van der Waals surface area (Å²) >= 11 is 0. The molecule has 0 aliphatic heterocycles. The van der Waals surface area contributed by atoms with E-state index in [1.165, 1.54) is 19.2 Å². The predicted octanol–water partition coefficient (Wildman–Crippen LogP) is 0.889. The average molecular weight is 183 g/mol. The van der Waals surface area contributed by atoms with Crippen molar-refractivity contribution in [2.45, 2.75) is 0 Å². The lowest BCUT2D eigenvalue weighted by Crippen LogP contribution is -2.10. The number of hydrogen-bond acceptors (Lipinski definition) is 5. The monoisotopic (exact) mass is 183 g/mol. The van der Waals surface area contributed by atoms with Crippen LogP contribution in [0.3, 0.4) is 0 Å². The number of nitrogen functional groups attached to an aromatic ring is 1. The molecular formula is C7H9N3O3. The first kappa shape index (κ1) is 9.27. The maximum atomic E-state index is 10.5. The summed E-state index contributed by atoms with van der Waals surface area (Å²) in [5.74, 6) is 5.47. The molecule has 6 nitrogen and oxygen atoms in total. The van der Waals surface area contributed by atoms with Crippen LogP contribution < -0.4 is 16.0 Å². The van der Waals surface area contributed by atoms with Crippen LogP contribution in [0, 0.1) is 10.1 Å². The smallest absolute Gasteiger partial charge is 0.297 e. The molecule has 0 heterocycles. The van der Waals surface area contributed by atoms with Crippen LogP contribution in [0.25, 0.3) is 0 Å². The third-order valence-corrected chi connectivity index (χ3v) is 1.57. The number of hydrazine groups is 1. The molecule has 1 aromatic carbocycles. The Hall–Kier alpha value is -1.82. The Morgan fingerprint density at radius 2 is 2.31 bits per heavy atom. The Bertz CT molecular complexity index is 327. The summed E-state index contributed by atoms with van der Waals surface area (Å²) in [5.41, 5.74) is 2.30. The predicted molar refractivity (Wildman–Crippen MR) is 47.5 cm³/mol. The number of nitro groups is 1. The second-order valence-electron chi connectivity index (χ2n) is 2.26. The van der Waals surface area contributed by atoms with Crippen LogP contribution in [-0.4, -0.2) is 12.0 Å². The molecule has 1 rings (SSSR count). The minimum Gasteiger partial charge on any atom is -0.494 e. The van der Waals surface area contributed by atoms with Gasteiger partial charge in [0.1, 0.15) is 5.75 Å². The fourth-order valence-electron chi connectivity index (χ4n) is 0.987. The van der Waals surface area contributed by atoms with E-state index in [1.54, 1.807) is 6.07 Å². The first-order valence-electron chi connectivity index (χ1n) is 3.48. The lowest BCUT2D eigenvalue weighted by atomic mass is 10.2. The summed E-state index contributed by atoms with van der Waals surface area (Å²) < 4.78 is 4.88. The number of ether oxygens (including phenoxy) is 1. The number of nitrogens with zero attached hydrogens (tertiary/aromatic N) is 1. The van der Waals surface area contributed by atoms with Crippen LogP contribution in [0.15, 0.2) is 18.2 Å². The number of nitro benzene ring substituents is 1. The summed E-state index contributed by atoms with van der Waals surface area (Å²) in [5, 5.41) is 10.5. The summed E-state index contributed by atoms with van der Waals surface area (Å²) in [6.45, 7) is 0. The van der Waals surface area contributed by atoms with Crippen LogP contribution in [0.5, 0.6) is 5.75 Å². The van der Waals surface area contributed by atoms with Crippen molar-refractivity contribution in [2.75, 3.05) is 12.5 Å². The quantitative estimate of drug-likeness (QED) is 0.412. The van der Waals surface area contributed by atoms with Gasteiger partial charge in [0, 0.05) is 6.07 Å². The Labute approximate surface area is 74.4 Å². The topological polar surface area (TPSA) is 90.4 Å². The lowest BCUT2D eigenvalue weighted by Gasteiger charge is -2.06. The van der Waals surface area contributed by atoms with E-state index in [-0.39, 0.29) is 11.4 Å². The third kappa shape index (κ3) is 1.67. The Morgan fingerprint density at radius 1 is 1.62 bits per heavy atom. The molecule has 13 heavy (non-hydrogen) atoms. The summed E-state index contributed by atoms with van der Waals surface area (Å²) in [6.07, 6.45) is 0. The molecule has 0 spiro atoms. The van der Waals surface area contributed by atoms with Gasteiger partial charge in [-0.1, -0.05) is 6.07 Å². The minimum atomic E-state index is -0.530. The first-order valence-corrected chi connectivity index (χ1v) is 3.48. The standard InChI is InChI=1S/C7H9N3O3/c1-13-6-4-2-3-5(10(11)12)7(6)9-8/h2-4,9H,8H2,1H3. The van der Waals surface area contributed by atoms with Gasteiger partial charge in [0.2, 0.25) is 0 Å². The molecule has 0 radical (unpaired) electrons. The molecule has 0 saturated carbocycles. The molecule has 0 aliphatic rings. The van der Waals surface area contributed by atoms with Crippen molar-refractivity contribution in [3.05, 3.63) is 28.3 Å². The normalized spacial score (nSPS) is 9.38. The number of anilines is 1. The molecule has 0 atom stereocenters. The molecule has 0 fully saturated rings. The highest BCUT2D eigenvalue weighted by atomic mass is 16.6. The van der Waals surface area contributed by atoms with Gasteiger partial charge in [-0.05, 0) is 6.07 Å². The van der Waals surface area contributed by atoms with Gasteiger partial charge in [-0.3, -0.25) is 16.0 Å². The molecule has 0 aromatic heterocycles. The second kappa shape index (κ2) is 3.72. The number of nitrogens with two attached hydrogens (primary N) is 1. The zero-order valence-corrected chi connectivity index (χ0v) is 6.98. The van der Waals surface area contributed by atoms with Crippen molar-refractivity contribution in [3.8, 4) is 5.75 Å². The van der Waals surface area contributed by atoms with Gasteiger partial charge in [0.05, 0.1) is 12.0 Å². The van der Waals surface area contributed by atoms with E-state index < -0.39 is 4.92 Å². The van der Waals surface area contributed by atoms with Gasteiger partial charge in [0.25, 0.3) is 5.69 Å².